The molecule has 0 amide bonds. The summed E-state index contributed by atoms with van der Waals surface area (Å²) in [5, 5.41) is 0. The summed E-state index contributed by atoms with van der Waals surface area (Å²) in [6, 6.07) is 0. The maximum atomic E-state index is 12.9. The van der Waals surface area contributed by atoms with Crippen LogP contribution >= 0.6 is 0 Å². The van der Waals surface area contributed by atoms with Crippen molar-refractivity contribution in [3.05, 3.63) is 0 Å². The summed E-state index contributed by atoms with van der Waals surface area (Å²) in [5.41, 5.74) is 0. The van der Waals surface area contributed by atoms with Crippen LogP contribution in [0.25, 0.3) is 0 Å². The Morgan fingerprint density at radius 1 is 0.203 bits per heavy atom. The molecule has 0 N–H and O–H groups in total. The first-order valence-electron chi connectivity index (χ1n) is 36.5. The van der Waals surface area contributed by atoms with Crippen molar-refractivity contribution in [3.8, 4) is 0 Å². The van der Waals surface area contributed by atoms with E-state index in [1.165, 1.54) is 334 Å². The lowest BCUT2D eigenvalue weighted by Crippen LogP contribution is -2.30. The first-order chi connectivity index (χ1) is 39.0. The lowest BCUT2D eigenvalue weighted by molar-refractivity contribution is -0.167. The average molecular weight is 1120 g/mol. The highest BCUT2D eigenvalue weighted by atomic mass is 16.6. The molecule has 0 aliphatic rings. The smallest absolute Gasteiger partial charge is 0.306 e. The van der Waals surface area contributed by atoms with E-state index in [1.807, 2.05) is 0 Å². The van der Waals surface area contributed by atoms with Gasteiger partial charge in [0, 0.05) is 19.3 Å². The first kappa shape index (κ1) is 77.4. The molecule has 1 unspecified atom stereocenters. The van der Waals surface area contributed by atoms with Gasteiger partial charge in [0.1, 0.15) is 13.2 Å². The third-order valence-electron chi connectivity index (χ3n) is 17.1. The fraction of sp³-hybridized carbons (Fsp3) is 0.959. The summed E-state index contributed by atoms with van der Waals surface area (Å²) in [7, 11) is 0. The van der Waals surface area contributed by atoms with Gasteiger partial charge in [0.05, 0.1) is 0 Å². The van der Waals surface area contributed by atoms with Crippen LogP contribution < -0.4 is 0 Å². The normalized spacial score (nSPS) is 11.9. The molecule has 0 saturated heterocycles. The molecule has 0 rings (SSSR count). The fourth-order valence-corrected chi connectivity index (χ4v) is 11.6. The lowest BCUT2D eigenvalue weighted by atomic mass is 10.0. The molecule has 0 aromatic heterocycles. The van der Waals surface area contributed by atoms with Crippen molar-refractivity contribution in [3.63, 3.8) is 0 Å². The van der Waals surface area contributed by atoms with E-state index in [2.05, 4.69) is 20.8 Å². The molecule has 1 atom stereocenters. The van der Waals surface area contributed by atoms with Gasteiger partial charge >= 0.3 is 17.9 Å². The van der Waals surface area contributed by atoms with E-state index in [0.29, 0.717) is 19.3 Å². The molecule has 6 nitrogen and oxygen atoms in total. The summed E-state index contributed by atoms with van der Waals surface area (Å²) < 4.78 is 17.0. The molecule has 0 spiro atoms. The van der Waals surface area contributed by atoms with E-state index in [4.69, 9.17) is 14.2 Å². The van der Waals surface area contributed by atoms with Crippen molar-refractivity contribution in [1.82, 2.24) is 0 Å². The minimum Gasteiger partial charge on any atom is -0.462 e. The summed E-state index contributed by atoms with van der Waals surface area (Å²) in [6.07, 6.45) is 81.6. The molecule has 0 radical (unpaired) electrons. The lowest BCUT2D eigenvalue weighted by Gasteiger charge is -2.18. The average Bonchev–Trinajstić information content (AvgIpc) is 3.45. The number of carbonyl (C=O) groups is 3. The van der Waals surface area contributed by atoms with Crippen molar-refractivity contribution >= 4 is 17.9 Å². The Morgan fingerprint density at radius 3 is 0.506 bits per heavy atom. The second kappa shape index (κ2) is 68.9. The molecule has 0 heterocycles. The van der Waals surface area contributed by atoms with Crippen LogP contribution in [0.4, 0.5) is 0 Å². The van der Waals surface area contributed by atoms with Crippen LogP contribution in [-0.4, -0.2) is 37.2 Å². The minimum absolute atomic E-state index is 0.0604. The van der Waals surface area contributed by atoms with Crippen LogP contribution in [0.1, 0.15) is 432 Å². The highest BCUT2D eigenvalue weighted by molar-refractivity contribution is 5.71. The van der Waals surface area contributed by atoms with Crippen LogP contribution in [0, 0.1) is 0 Å². The highest BCUT2D eigenvalue weighted by Gasteiger charge is 2.20. The van der Waals surface area contributed by atoms with E-state index < -0.39 is 6.10 Å². The molecule has 0 saturated carbocycles. The number of rotatable bonds is 69. The Balaban J connectivity index is 4.06. The molecule has 470 valence electrons. The Kier molecular flexibility index (Phi) is 67.5. The van der Waals surface area contributed by atoms with E-state index in [9.17, 15) is 14.4 Å². The Morgan fingerprint density at radius 2 is 0.342 bits per heavy atom. The van der Waals surface area contributed by atoms with Crippen molar-refractivity contribution in [1.29, 1.82) is 0 Å². The zero-order chi connectivity index (χ0) is 57.1. The summed E-state index contributed by atoms with van der Waals surface area (Å²) in [4.78, 5) is 38.3. The van der Waals surface area contributed by atoms with Gasteiger partial charge in [0.25, 0.3) is 0 Å². The van der Waals surface area contributed by atoms with Gasteiger partial charge < -0.3 is 14.2 Å². The zero-order valence-electron chi connectivity index (χ0n) is 54.2. The SMILES string of the molecule is CCCCCCCCCCCCCCCCCCCCCCCCCCCCCCCCCC(=O)OCC(COC(=O)CCCCCCCCCCCCC)OC(=O)CCCCCCCCCCCCCCCCCCCCC. The van der Waals surface area contributed by atoms with E-state index >= 15 is 0 Å². The molecular weight excluding hydrogens is 973 g/mol. The monoisotopic (exact) mass is 1120 g/mol. The van der Waals surface area contributed by atoms with E-state index in [-0.39, 0.29) is 31.1 Å². The molecule has 0 fully saturated rings. The minimum atomic E-state index is -0.763. The van der Waals surface area contributed by atoms with Gasteiger partial charge in [-0.15, -0.1) is 0 Å². The fourth-order valence-electron chi connectivity index (χ4n) is 11.6. The van der Waals surface area contributed by atoms with Gasteiger partial charge in [-0.1, -0.05) is 393 Å². The molecule has 0 aromatic carbocycles. The van der Waals surface area contributed by atoms with Crippen molar-refractivity contribution in [2.24, 2.45) is 0 Å². The predicted molar refractivity (Wildman–Crippen MR) is 344 cm³/mol. The maximum Gasteiger partial charge on any atom is 0.306 e. The maximum absolute atomic E-state index is 12.9. The molecule has 0 bridgehead atoms. The van der Waals surface area contributed by atoms with Gasteiger partial charge in [-0.25, -0.2) is 0 Å². The van der Waals surface area contributed by atoms with E-state index in [1.54, 1.807) is 0 Å². The number of ether oxygens (including phenoxy) is 3. The highest BCUT2D eigenvalue weighted by Crippen LogP contribution is 2.20. The molecule has 0 aliphatic carbocycles. The molecule has 0 aliphatic heterocycles. The molecular formula is C73H142O6. The predicted octanol–water partition coefficient (Wildman–Crippen LogP) is 25.0. The standard InChI is InChI=1S/C73H142O6/c1-4-7-10-13-16-19-22-24-26-28-30-31-32-33-34-35-36-37-38-39-40-41-43-44-46-48-51-54-57-60-63-66-72(75)78-69-70(68-77-71(74)65-62-59-56-53-50-21-18-15-12-9-6-3)79-73(76)67-64-61-58-55-52-49-47-45-42-29-27-25-23-20-17-14-11-8-5-2/h70H,4-69H2,1-3H3. The first-order valence-corrected chi connectivity index (χ1v) is 36.5. The van der Waals surface area contributed by atoms with Gasteiger partial charge in [0.15, 0.2) is 6.10 Å². The van der Waals surface area contributed by atoms with Crippen molar-refractivity contribution in [2.75, 3.05) is 13.2 Å². The number of esters is 3. The summed E-state index contributed by atoms with van der Waals surface area (Å²) in [5.74, 6) is -0.823. The topological polar surface area (TPSA) is 78.9 Å². The summed E-state index contributed by atoms with van der Waals surface area (Å²) >= 11 is 0. The Labute approximate surface area is 495 Å². The van der Waals surface area contributed by atoms with Crippen LogP contribution in [0.2, 0.25) is 0 Å². The third-order valence-corrected chi connectivity index (χ3v) is 17.1. The Hall–Kier alpha value is -1.59. The van der Waals surface area contributed by atoms with Crippen LogP contribution in [-0.2, 0) is 28.6 Å². The Bertz CT molecular complexity index is 1190. The van der Waals surface area contributed by atoms with Crippen LogP contribution in [0.3, 0.4) is 0 Å². The van der Waals surface area contributed by atoms with Crippen LogP contribution in [0.15, 0.2) is 0 Å². The summed E-state index contributed by atoms with van der Waals surface area (Å²) in [6.45, 7) is 6.73. The van der Waals surface area contributed by atoms with Gasteiger partial charge in [-0.05, 0) is 19.3 Å². The van der Waals surface area contributed by atoms with Crippen molar-refractivity contribution in [2.45, 2.75) is 438 Å². The number of hydrogen-bond donors (Lipinski definition) is 0. The number of hydrogen-bond acceptors (Lipinski definition) is 6. The quantitative estimate of drug-likeness (QED) is 0.0343. The number of unbranched alkanes of at least 4 members (excludes halogenated alkanes) is 58. The molecule has 79 heavy (non-hydrogen) atoms. The van der Waals surface area contributed by atoms with E-state index in [0.717, 1.165) is 57.8 Å². The molecule has 6 heteroatoms. The second-order valence-corrected chi connectivity index (χ2v) is 25.2. The number of carbonyl (C=O) groups excluding carboxylic acids is 3. The van der Waals surface area contributed by atoms with Crippen molar-refractivity contribution < 1.29 is 28.6 Å². The van der Waals surface area contributed by atoms with Crippen LogP contribution in [0.5, 0.6) is 0 Å². The third kappa shape index (κ3) is 67.1. The van der Waals surface area contributed by atoms with Gasteiger partial charge in [-0.3, -0.25) is 14.4 Å². The molecule has 0 aromatic rings. The largest absolute Gasteiger partial charge is 0.462 e. The van der Waals surface area contributed by atoms with Gasteiger partial charge in [-0.2, -0.15) is 0 Å². The van der Waals surface area contributed by atoms with Gasteiger partial charge in [0.2, 0.25) is 0 Å². The zero-order valence-corrected chi connectivity index (χ0v) is 54.2. The second-order valence-electron chi connectivity index (χ2n) is 25.2.